The van der Waals surface area contributed by atoms with Crippen molar-refractivity contribution in [1.82, 2.24) is 4.90 Å². The standard InChI is InChI=1S/C12H18N4O3/c13-10-1-2-11(12(9-10)16(17)18)14-3-4-15-5-7-19-8-6-15/h1-2,9,14H,3-8,13H2. The molecule has 7 nitrogen and oxygen atoms in total. The maximum atomic E-state index is 10.9. The number of nitrogens with two attached hydrogens (primary N) is 1. The fourth-order valence-electron chi connectivity index (χ4n) is 2.02. The highest BCUT2D eigenvalue weighted by atomic mass is 16.6. The smallest absolute Gasteiger partial charge is 0.294 e. The predicted molar refractivity (Wildman–Crippen MR) is 73.3 cm³/mol. The zero-order chi connectivity index (χ0) is 13.7. The number of nitro groups is 1. The molecule has 1 aromatic rings. The summed E-state index contributed by atoms with van der Waals surface area (Å²) in [4.78, 5) is 12.8. The van der Waals surface area contributed by atoms with Crippen molar-refractivity contribution in [2.75, 3.05) is 50.4 Å². The van der Waals surface area contributed by atoms with Crippen LogP contribution in [0.5, 0.6) is 0 Å². The molecule has 0 aliphatic carbocycles. The molecule has 1 fully saturated rings. The molecule has 104 valence electrons. The zero-order valence-corrected chi connectivity index (χ0v) is 10.7. The number of nitrogens with zero attached hydrogens (tertiary/aromatic N) is 2. The van der Waals surface area contributed by atoms with Crippen LogP contribution < -0.4 is 11.1 Å². The Balaban J connectivity index is 1.89. The molecule has 1 saturated heterocycles. The van der Waals surface area contributed by atoms with Crippen LogP contribution in [0.1, 0.15) is 0 Å². The van der Waals surface area contributed by atoms with Crippen LogP contribution in [0.2, 0.25) is 0 Å². The second-order valence-electron chi connectivity index (χ2n) is 4.41. The van der Waals surface area contributed by atoms with Crippen LogP contribution in [0.15, 0.2) is 18.2 Å². The van der Waals surface area contributed by atoms with Crippen molar-refractivity contribution in [2.45, 2.75) is 0 Å². The van der Waals surface area contributed by atoms with E-state index >= 15 is 0 Å². The minimum absolute atomic E-state index is 0.0157. The zero-order valence-electron chi connectivity index (χ0n) is 10.7. The Morgan fingerprint density at radius 1 is 1.42 bits per heavy atom. The van der Waals surface area contributed by atoms with Gasteiger partial charge in [-0.25, -0.2) is 0 Å². The normalized spacial score (nSPS) is 16.2. The summed E-state index contributed by atoms with van der Waals surface area (Å²) in [5.41, 5.74) is 6.47. The summed E-state index contributed by atoms with van der Waals surface area (Å²) in [5.74, 6) is 0. The fraction of sp³-hybridized carbons (Fsp3) is 0.500. The van der Waals surface area contributed by atoms with Crippen molar-refractivity contribution < 1.29 is 9.66 Å². The third-order valence-corrected chi connectivity index (χ3v) is 3.07. The topological polar surface area (TPSA) is 93.7 Å². The van der Waals surface area contributed by atoms with Crippen LogP contribution >= 0.6 is 0 Å². The van der Waals surface area contributed by atoms with E-state index < -0.39 is 4.92 Å². The summed E-state index contributed by atoms with van der Waals surface area (Å²) in [6, 6.07) is 4.67. The number of anilines is 2. The summed E-state index contributed by atoms with van der Waals surface area (Å²) >= 11 is 0. The van der Waals surface area contributed by atoms with E-state index in [1.807, 2.05) is 0 Å². The molecule has 0 saturated carbocycles. The monoisotopic (exact) mass is 266 g/mol. The molecule has 0 spiro atoms. The number of nitrogens with one attached hydrogen (secondary N) is 1. The van der Waals surface area contributed by atoms with Gasteiger partial charge >= 0.3 is 0 Å². The molecule has 0 aromatic heterocycles. The van der Waals surface area contributed by atoms with Gasteiger partial charge in [0.05, 0.1) is 18.1 Å². The van der Waals surface area contributed by atoms with Crippen LogP contribution in [0, 0.1) is 10.1 Å². The van der Waals surface area contributed by atoms with Crippen molar-refractivity contribution in [3.8, 4) is 0 Å². The van der Waals surface area contributed by atoms with Gasteiger partial charge in [-0.1, -0.05) is 0 Å². The van der Waals surface area contributed by atoms with Gasteiger partial charge in [0.2, 0.25) is 0 Å². The average Bonchev–Trinajstić information content (AvgIpc) is 2.41. The van der Waals surface area contributed by atoms with Gasteiger partial charge in [0, 0.05) is 37.9 Å². The van der Waals surface area contributed by atoms with Gasteiger partial charge in [0.25, 0.3) is 5.69 Å². The lowest BCUT2D eigenvalue weighted by Gasteiger charge is -2.26. The lowest BCUT2D eigenvalue weighted by atomic mass is 10.2. The summed E-state index contributed by atoms with van der Waals surface area (Å²) in [6.07, 6.45) is 0. The molecule has 1 aromatic carbocycles. The highest BCUT2D eigenvalue weighted by Gasteiger charge is 2.14. The second-order valence-corrected chi connectivity index (χ2v) is 4.41. The first-order chi connectivity index (χ1) is 9.16. The molecule has 0 radical (unpaired) electrons. The van der Waals surface area contributed by atoms with Gasteiger partial charge in [0.1, 0.15) is 5.69 Å². The highest BCUT2D eigenvalue weighted by Crippen LogP contribution is 2.26. The van der Waals surface area contributed by atoms with Crippen molar-refractivity contribution in [2.24, 2.45) is 0 Å². The molecule has 0 unspecified atom stereocenters. The van der Waals surface area contributed by atoms with E-state index in [1.54, 1.807) is 12.1 Å². The minimum Gasteiger partial charge on any atom is -0.399 e. The quantitative estimate of drug-likeness (QED) is 0.467. The Bertz CT molecular complexity index is 447. The van der Waals surface area contributed by atoms with E-state index in [-0.39, 0.29) is 5.69 Å². The number of benzene rings is 1. The Kier molecular flexibility index (Phi) is 4.53. The van der Waals surface area contributed by atoms with Crippen molar-refractivity contribution in [1.29, 1.82) is 0 Å². The Morgan fingerprint density at radius 2 is 2.16 bits per heavy atom. The Hall–Kier alpha value is -1.86. The maximum Gasteiger partial charge on any atom is 0.294 e. The molecular formula is C12H18N4O3. The van der Waals surface area contributed by atoms with Gasteiger partial charge in [-0.3, -0.25) is 15.0 Å². The molecule has 1 aliphatic rings. The molecule has 2 rings (SSSR count). The first-order valence-corrected chi connectivity index (χ1v) is 6.25. The molecule has 7 heteroatoms. The molecule has 3 N–H and O–H groups in total. The van der Waals surface area contributed by atoms with Gasteiger partial charge in [0.15, 0.2) is 0 Å². The number of rotatable bonds is 5. The van der Waals surface area contributed by atoms with E-state index in [0.29, 0.717) is 17.9 Å². The van der Waals surface area contributed by atoms with E-state index in [1.165, 1.54) is 6.07 Å². The Morgan fingerprint density at radius 3 is 2.84 bits per heavy atom. The summed E-state index contributed by atoms with van der Waals surface area (Å²) in [6.45, 7) is 4.82. The SMILES string of the molecule is Nc1ccc(NCCN2CCOCC2)c([N+](=O)[O-])c1. The van der Waals surface area contributed by atoms with Gasteiger partial charge in [-0.15, -0.1) is 0 Å². The first kappa shape index (κ1) is 13.6. The van der Waals surface area contributed by atoms with Crippen molar-refractivity contribution in [3.63, 3.8) is 0 Å². The molecule has 0 amide bonds. The molecule has 0 bridgehead atoms. The van der Waals surface area contributed by atoms with Crippen LogP contribution in [-0.4, -0.2) is 49.2 Å². The first-order valence-electron chi connectivity index (χ1n) is 6.25. The number of nitro benzene ring substituents is 1. The van der Waals surface area contributed by atoms with Crippen LogP contribution in [0.25, 0.3) is 0 Å². The summed E-state index contributed by atoms with van der Waals surface area (Å²) < 4.78 is 5.26. The molecular weight excluding hydrogens is 248 g/mol. The molecule has 0 atom stereocenters. The third-order valence-electron chi connectivity index (χ3n) is 3.07. The lowest BCUT2D eigenvalue weighted by molar-refractivity contribution is -0.383. The van der Waals surface area contributed by atoms with E-state index in [9.17, 15) is 10.1 Å². The fourth-order valence-corrected chi connectivity index (χ4v) is 2.02. The second kappa shape index (κ2) is 6.35. The lowest BCUT2D eigenvalue weighted by Crippen LogP contribution is -2.39. The summed E-state index contributed by atoms with van der Waals surface area (Å²) in [7, 11) is 0. The van der Waals surface area contributed by atoms with Crippen molar-refractivity contribution in [3.05, 3.63) is 28.3 Å². The van der Waals surface area contributed by atoms with Gasteiger partial charge < -0.3 is 15.8 Å². The maximum absolute atomic E-state index is 10.9. The van der Waals surface area contributed by atoms with Crippen LogP contribution in [0.4, 0.5) is 17.1 Å². The number of ether oxygens (including phenoxy) is 1. The van der Waals surface area contributed by atoms with E-state index in [2.05, 4.69) is 10.2 Å². The minimum atomic E-state index is -0.423. The molecule has 19 heavy (non-hydrogen) atoms. The van der Waals surface area contributed by atoms with E-state index in [0.717, 1.165) is 32.8 Å². The summed E-state index contributed by atoms with van der Waals surface area (Å²) in [5, 5.41) is 14.0. The largest absolute Gasteiger partial charge is 0.399 e. The number of nitrogen functional groups attached to an aromatic ring is 1. The number of hydrogen-bond donors (Lipinski definition) is 2. The van der Waals surface area contributed by atoms with Gasteiger partial charge in [-0.05, 0) is 12.1 Å². The Labute approximate surface area is 111 Å². The number of morpholine rings is 1. The molecule has 1 heterocycles. The predicted octanol–water partition coefficient (Wildman–Crippen LogP) is 0.921. The highest BCUT2D eigenvalue weighted by molar-refractivity contribution is 5.66. The number of hydrogen-bond acceptors (Lipinski definition) is 6. The van der Waals surface area contributed by atoms with E-state index in [4.69, 9.17) is 10.5 Å². The van der Waals surface area contributed by atoms with Gasteiger partial charge in [-0.2, -0.15) is 0 Å². The molecule has 1 aliphatic heterocycles. The van der Waals surface area contributed by atoms with Crippen LogP contribution in [-0.2, 0) is 4.74 Å². The average molecular weight is 266 g/mol. The van der Waals surface area contributed by atoms with Crippen LogP contribution in [0.3, 0.4) is 0 Å². The van der Waals surface area contributed by atoms with Crippen molar-refractivity contribution >= 4 is 17.1 Å². The third kappa shape index (κ3) is 3.80.